The Morgan fingerprint density at radius 2 is 1.81 bits per heavy atom. The van der Waals surface area contributed by atoms with Crippen LogP contribution < -0.4 is 5.32 Å². The normalized spacial score (nSPS) is 17.0. The second-order valence-electron chi connectivity index (χ2n) is 4.73. The van der Waals surface area contributed by atoms with Crippen LogP contribution in [-0.2, 0) is 10.8 Å². The van der Waals surface area contributed by atoms with Crippen LogP contribution in [0.4, 0.5) is 0 Å². The molecule has 1 N–H and O–H groups in total. The summed E-state index contributed by atoms with van der Waals surface area (Å²) in [6.07, 6.45) is 4.60. The first-order valence-corrected chi connectivity index (χ1v) is 8.21. The van der Waals surface area contributed by atoms with E-state index in [1.54, 1.807) is 0 Å². The van der Waals surface area contributed by atoms with Crippen molar-refractivity contribution < 1.29 is 4.21 Å². The molecule has 0 aromatic rings. The van der Waals surface area contributed by atoms with Crippen molar-refractivity contribution >= 4 is 10.8 Å². The van der Waals surface area contributed by atoms with Crippen LogP contribution >= 0.6 is 0 Å². The van der Waals surface area contributed by atoms with E-state index in [9.17, 15) is 4.21 Å². The van der Waals surface area contributed by atoms with E-state index in [2.05, 4.69) is 33.0 Å². The summed E-state index contributed by atoms with van der Waals surface area (Å²) >= 11 is 0. The zero-order chi connectivity index (χ0) is 12.4. The lowest BCUT2D eigenvalue weighted by molar-refractivity contribution is 0.508. The molecule has 0 aliphatic rings. The molecule has 0 bridgehead atoms. The van der Waals surface area contributed by atoms with Gasteiger partial charge in [-0.15, -0.1) is 0 Å². The second-order valence-corrected chi connectivity index (χ2v) is 6.27. The van der Waals surface area contributed by atoms with Gasteiger partial charge in [0, 0.05) is 28.3 Å². The van der Waals surface area contributed by atoms with Gasteiger partial charge in [0.1, 0.15) is 0 Å². The topological polar surface area (TPSA) is 29.1 Å². The van der Waals surface area contributed by atoms with Crippen molar-refractivity contribution in [3.8, 4) is 0 Å². The molecule has 98 valence electrons. The molecule has 0 rings (SSSR count). The fourth-order valence-electron chi connectivity index (χ4n) is 1.67. The molecule has 0 aromatic carbocycles. The molecule has 0 aromatic heterocycles. The Labute approximate surface area is 104 Å². The SMILES string of the molecule is CCCNC(CCC)CS(=O)CC(C)CC. The molecule has 0 radical (unpaired) electrons. The minimum Gasteiger partial charge on any atom is -0.313 e. The van der Waals surface area contributed by atoms with Gasteiger partial charge in [-0.25, -0.2) is 0 Å². The molecule has 0 saturated carbocycles. The molecule has 16 heavy (non-hydrogen) atoms. The van der Waals surface area contributed by atoms with Gasteiger partial charge in [0.25, 0.3) is 0 Å². The summed E-state index contributed by atoms with van der Waals surface area (Å²) in [4.78, 5) is 0. The monoisotopic (exact) mass is 247 g/mol. The highest BCUT2D eigenvalue weighted by Crippen LogP contribution is 2.06. The first-order chi connectivity index (χ1) is 7.63. The van der Waals surface area contributed by atoms with Gasteiger partial charge in [-0.05, 0) is 25.3 Å². The smallest absolute Gasteiger partial charge is 0.0388 e. The van der Waals surface area contributed by atoms with E-state index in [-0.39, 0.29) is 0 Å². The van der Waals surface area contributed by atoms with Crippen molar-refractivity contribution in [1.82, 2.24) is 5.32 Å². The maximum absolute atomic E-state index is 11.9. The lowest BCUT2D eigenvalue weighted by Gasteiger charge is -2.18. The van der Waals surface area contributed by atoms with Crippen LogP contribution in [-0.4, -0.2) is 28.3 Å². The molecule has 0 fully saturated rings. The largest absolute Gasteiger partial charge is 0.313 e. The molecular weight excluding hydrogens is 218 g/mol. The van der Waals surface area contributed by atoms with Crippen molar-refractivity contribution in [2.75, 3.05) is 18.1 Å². The first kappa shape index (κ1) is 16.1. The Morgan fingerprint density at radius 1 is 1.12 bits per heavy atom. The van der Waals surface area contributed by atoms with Gasteiger partial charge < -0.3 is 5.32 Å². The van der Waals surface area contributed by atoms with Gasteiger partial charge >= 0.3 is 0 Å². The predicted octanol–water partition coefficient (Wildman–Crippen LogP) is 2.95. The molecule has 3 heteroatoms. The maximum Gasteiger partial charge on any atom is 0.0388 e. The first-order valence-electron chi connectivity index (χ1n) is 6.72. The van der Waals surface area contributed by atoms with Gasteiger partial charge in [0.05, 0.1) is 0 Å². The Morgan fingerprint density at radius 3 is 2.31 bits per heavy atom. The average molecular weight is 247 g/mol. The minimum atomic E-state index is -0.648. The summed E-state index contributed by atoms with van der Waals surface area (Å²) in [5.41, 5.74) is 0. The van der Waals surface area contributed by atoms with Crippen molar-refractivity contribution in [2.24, 2.45) is 5.92 Å². The molecule has 0 amide bonds. The van der Waals surface area contributed by atoms with E-state index in [0.29, 0.717) is 12.0 Å². The van der Waals surface area contributed by atoms with Crippen LogP contribution in [0, 0.1) is 5.92 Å². The van der Waals surface area contributed by atoms with Gasteiger partial charge in [-0.1, -0.05) is 40.5 Å². The summed E-state index contributed by atoms with van der Waals surface area (Å²) in [5, 5.41) is 3.50. The van der Waals surface area contributed by atoms with Crippen molar-refractivity contribution in [3.63, 3.8) is 0 Å². The Bertz CT molecular complexity index is 185. The molecule has 0 aliphatic heterocycles. The molecule has 0 aliphatic carbocycles. The van der Waals surface area contributed by atoms with E-state index in [4.69, 9.17) is 0 Å². The van der Waals surface area contributed by atoms with Gasteiger partial charge in [-0.2, -0.15) is 0 Å². The highest BCUT2D eigenvalue weighted by atomic mass is 32.2. The molecule has 2 nitrogen and oxygen atoms in total. The summed E-state index contributed by atoms with van der Waals surface area (Å²) < 4.78 is 11.9. The summed E-state index contributed by atoms with van der Waals surface area (Å²) in [7, 11) is -0.648. The third kappa shape index (κ3) is 8.28. The maximum atomic E-state index is 11.9. The third-order valence-corrected chi connectivity index (χ3v) is 4.59. The van der Waals surface area contributed by atoms with Crippen molar-refractivity contribution in [3.05, 3.63) is 0 Å². The van der Waals surface area contributed by atoms with Crippen LogP contribution in [0.25, 0.3) is 0 Å². The molecule has 0 saturated heterocycles. The molecule has 0 heterocycles. The second kappa shape index (κ2) is 10.3. The summed E-state index contributed by atoms with van der Waals surface area (Å²) in [6, 6.07) is 0.454. The van der Waals surface area contributed by atoms with Crippen LogP contribution in [0.3, 0.4) is 0 Å². The number of nitrogens with one attached hydrogen (secondary N) is 1. The number of rotatable bonds is 10. The highest BCUT2D eigenvalue weighted by molar-refractivity contribution is 7.85. The van der Waals surface area contributed by atoms with E-state index in [0.717, 1.165) is 37.3 Å². The van der Waals surface area contributed by atoms with Gasteiger partial charge in [0.2, 0.25) is 0 Å². The number of hydrogen-bond acceptors (Lipinski definition) is 2. The van der Waals surface area contributed by atoms with Crippen LogP contribution in [0.15, 0.2) is 0 Å². The molecule has 3 atom stereocenters. The molecule has 0 spiro atoms. The third-order valence-electron chi connectivity index (χ3n) is 2.87. The standard InChI is InChI=1S/C13H29NOS/c1-5-8-13(14-9-6-2)11-16(15)10-12(4)7-3/h12-14H,5-11H2,1-4H3. The molecular formula is C13H29NOS. The summed E-state index contributed by atoms with van der Waals surface area (Å²) in [5.74, 6) is 2.29. The minimum absolute atomic E-state index is 0.454. The summed E-state index contributed by atoms with van der Waals surface area (Å²) in [6.45, 7) is 9.77. The predicted molar refractivity (Wildman–Crippen MR) is 74.3 cm³/mol. The fourth-order valence-corrected chi connectivity index (χ4v) is 3.41. The van der Waals surface area contributed by atoms with Crippen LogP contribution in [0.5, 0.6) is 0 Å². The van der Waals surface area contributed by atoms with Crippen molar-refractivity contribution in [2.45, 2.75) is 59.4 Å². The van der Waals surface area contributed by atoms with Crippen LogP contribution in [0.1, 0.15) is 53.4 Å². The van der Waals surface area contributed by atoms with E-state index >= 15 is 0 Å². The van der Waals surface area contributed by atoms with Crippen LogP contribution in [0.2, 0.25) is 0 Å². The Balaban J connectivity index is 3.91. The zero-order valence-corrected chi connectivity index (χ0v) is 12.2. The lowest BCUT2D eigenvalue weighted by Crippen LogP contribution is -2.35. The van der Waals surface area contributed by atoms with E-state index < -0.39 is 10.8 Å². The Kier molecular flexibility index (Phi) is 10.3. The van der Waals surface area contributed by atoms with E-state index in [1.165, 1.54) is 6.42 Å². The lowest BCUT2D eigenvalue weighted by atomic mass is 10.2. The van der Waals surface area contributed by atoms with E-state index in [1.807, 2.05) is 0 Å². The van der Waals surface area contributed by atoms with Gasteiger partial charge in [-0.3, -0.25) is 4.21 Å². The number of hydrogen-bond donors (Lipinski definition) is 1. The van der Waals surface area contributed by atoms with Crippen molar-refractivity contribution in [1.29, 1.82) is 0 Å². The average Bonchev–Trinajstić information content (AvgIpc) is 2.25. The zero-order valence-electron chi connectivity index (χ0n) is 11.4. The Hall–Kier alpha value is 0.110. The van der Waals surface area contributed by atoms with Gasteiger partial charge in [0.15, 0.2) is 0 Å². The quantitative estimate of drug-likeness (QED) is 0.643. The molecule has 3 unspecified atom stereocenters. The highest BCUT2D eigenvalue weighted by Gasteiger charge is 2.12. The fraction of sp³-hybridized carbons (Fsp3) is 1.00.